The third-order valence-corrected chi connectivity index (χ3v) is 3.84. The number of benzene rings is 1. The lowest BCUT2D eigenvalue weighted by molar-refractivity contribution is -0.136. The highest BCUT2D eigenvalue weighted by atomic mass is 16.5. The van der Waals surface area contributed by atoms with Crippen LogP contribution in [0.1, 0.15) is 31.7 Å². The molecule has 1 amide bonds. The topological polar surface area (TPSA) is 29.5 Å². The molecule has 0 aromatic heterocycles. The van der Waals surface area contributed by atoms with Gasteiger partial charge >= 0.3 is 0 Å². The van der Waals surface area contributed by atoms with E-state index in [9.17, 15) is 4.79 Å². The van der Waals surface area contributed by atoms with Crippen molar-refractivity contribution in [3.63, 3.8) is 0 Å². The highest BCUT2D eigenvalue weighted by Crippen LogP contribution is 2.22. The van der Waals surface area contributed by atoms with Gasteiger partial charge in [-0.15, -0.1) is 0 Å². The summed E-state index contributed by atoms with van der Waals surface area (Å²) in [7, 11) is 1.66. The second kappa shape index (κ2) is 7.13. The van der Waals surface area contributed by atoms with Crippen molar-refractivity contribution in [2.24, 2.45) is 5.92 Å². The van der Waals surface area contributed by atoms with E-state index in [0.717, 1.165) is 37.1 Å². The van der Waals surface area contributed by atoms with Crippen LogP contribution in [-0.4, -0.2) is 24.5 Å². The number of carbonyl (C=O) groups is 1. The molecule has 0 radical (unpaired) electrons. The Labute approximate surface area is 121 Å². The van der Waals surface area contributed by atoms with Gasteiger partial charge in [-0.25, -0.2) is 0 Å². The normalized spacial score (nSPS) is 17.8. The zero-order valence-electron chi connectivity index (χ0n) is 12.3. The summed E-state index contributed by atoms with van der Waals surface area (Å²) in [5.74, 6) is 1.30. The van der Waals surface area contributed by atoms with E-state index in [1.807, 2.05) is 36.1 Å². The van der Waals surface area contributed by atoms with Crippen molar-refractivity contribution in [2.45, 2.75) is 32.7 Å². The molecule has 0 aliphatic heterocycles. The Kier molecular flexibility index (Phi) is 5.22. The fourth-order valence-electron chi connectivity index (χ4n) is 2.57. The zero-order chi connectivity index (χ0) is 14.4. The standard InChI is InChI=1S/C17H23NO2/c1-3-18(17(19)15-7-5-4-6-8-15)13-14-9-11-16(20-2)12-10-14/h4-5,9-12,15H,3,6-8,13H2,1-2H3. The third kappa shape index (κ3) is 3.62. The van der Waals surface area contributed by atoms with Crippen LogP contribution in [0.4, 0.5) is 0 Å². The highest BCUT2D eigenvalue weighted by Gasteiger charge is 2.23. The first-order valence-electron chi connectivity index (χ1n) is 7.31. The maximum Gasteiger partial charge on any atom is 0.226 e. The van der Waals surface area contributed by atoms with Gasteiger partial charge in [-0.3, -0.25) is 4.79 Å². The van der Waals surface area contributed by atoms with Crippen molar-refractivity contribution >= 4 is 5.91 Å². The first-order chi connectivity index (χ1) is 9.74. The molecule has 1 aromatic rings. The van der Waals surface area contributed by atoms with Gasteiger partial charge in [-0.05, 0) is 43.9 Å². The molecule has 1 aromatic carbocycles. The van der Waals surface area contributed by atoms with E-state index in [1.165, 1.54) is 0 Å². The molecule has 0 N–H and O–H groups in total. The van der Waals surface area contributed by atoms with Gasteiger partial charge in [0, 0.05) is 19.0 Å². The number of hydrogen-bond donors (Lipinski definition) is 0. The molecule has 1 aliphatic rings. The SMILES string of the molecule is CCN(Cc1ccc(OC)cc1)C(=O)C1CC=CCC1. The lowest BCUT2D eigenvalue weighted by Crippen LogP contribution is -2.35. The Morgan fingerprint density at radius 3 is 2.60 bits per heavy atom. The van der Waals surface area contributed by atoms with Crippen molar-refractivity contribution in [2.75, 3.05) is 13.7 Å². The molecule has 0 saturated carbocycles. The number of carbonyl (C=O) groups excluding carboxylic acids is 1. The van der Waals surface area contributed by atoms with E-state index in [0.29, 0.717) is 6.54 Å². The fraction of sp³-hybridized carbons (Fsp3) is 0.471. The lowest BCUT2D eigenvalue weighted by Gasteiger charge is -2.27. The van der Waals surface area contributed by atoms with Crippen LogP contribution in [0.15, 0.2) is 36.4 Å². The van der Waals surface area contributed by atoms with Gasteiger partial charge in [0.2, 0.25) is 5.91 Å². The summed E-state index contributed by atoms with van der Waals surface area (Å²) in [6.07, 6.45) is 7.19. The van der Waals surface area contributed by atoms with Gasteiger partial charge < -0.3 is 9.64 Å². The molecule has 20 heavy (non-hydrogen) atoms. The van der Waals surface area contributed by atoms with Gasteiger partial charge in [0.25, 0.3) is 0 Å². The van der Waals surface area contributed by atoms with E-state index < -0.39 is 0 Å². The van der Waals surface area contributed by atoms with Crippen LogP contribution >= 0.6 is 0 Å². The molecule has 108 valence electrons. The van der Waals surface area contributed by atoms with E-state index in [2.05, 4.69) is 12.2 Å². The molecule has 0 heterocycles. The summed E-state index contributed by atoms with van der Waals surface area (Å²) in [4.78, 5) is 14.5. The van der Waals surface area contributed by atoms with Crippen molar-refractivity contribution in [3.05, 3.63) is 42.0 Å². The van der Waals surface area contributed by atoms with Crippen LogP contribution in [0.2, 0.25) is 0 Å². The van der Waals surface area contributed by atoms with Gasteiger partial charge in [-0.2, -0.15) is 0 Å². The van der Waals surface area contributed by atoms with Gasteiger partial charge in [-0.1, -0.05) is 24.3 Å². The number of rotatable bonds is 5. The number of ether oxygens (including phenoxy) is 1. The second-order valence-corrected chi connectivity index (χ2v) is 5.18. The minimum atomic E-state index is 0.165. The van der Waals surface area contributed by atoms with Gasteiger partial charge in [0.15, 0.2) is 0 Å². The molecule has 0 bridgehead atoms. The minimum absolute atomic E-state index is 0.165. The molecule has 0 fully saturated rings. The Bertz CT molecular complexity index is 464. The third-order valence-electron chi connectivity index (χ3n) is 3.84. The molecular formula is C17H23NO2. The Morgan fingerprint density at radius 1 is 1.30 bits per heavy atom. The number of nitrogens with zero attached hydrogens (tertiary/aromatic N) is 1. The number of allylic oxidation sites excluding steroid dienone is 2. The van der Waals surface area contributed by atoms with Crippen molar-refractivity contribution < 1.29 is 9.53 Å². The molecule has 1 aliphatic carbocycles. The molecule has 2 rings (SSSR count). The molecule has 0 spiro atoms. The van der Waals surface area contributed by atoms with E-state index >= 15 is 0 Å². The molecule has 3 nitrogen and oxygen atoms in total. The van der Waals surface area contributed by atoms with Crippen molar-refractivity contribution in [1.29, 1.82) is 0 Å². The monoisotopic (exact) mass is 273 g/mol. The summed E-state index contributed by atoms with van der Waals surface area (Å²) in [6.45, 7) is 3.48. The van der Waals surface area contributed by atoms with Crippen molar-refractivity contribution in [3.8, 4) is 5.75 Å². The fourth-order valence-corrected chi connectivity index (χ4v) is 2.57. The quantitative estimate of drug-likeness (QED) is 0.770. The Morgan fingerprint density at radius 2 is 2.05 bits per heavy atom. The number of hydrogen-bond acceptors (Lipinski definition) is 2. The first kappa shape index (κ1) is 14.6. The van der Waals surface area contributed by atoms with Crippen LogP contribution in [0, 0.1) is 5.92 Å². The van der Waals surface area contributed by atoms with Gasteiger partial charge in [0.05, 0.1) is 7.11 Å². The first-order valence-corrected chi connectivity index (χ1v) is 7.31. The number of amides is 1. The molecule has 1 unspecified atom stereocenters. The zero-order valence-corrected chi connectivity index (χ0v) is 12.3. The molecule has 0 saturated heterocycles. The van der Waals surface area contributed by atoms with Crippen LogP contribution in [0.25, 0.3) is 0 Å². The summed E-state index contributed by atoms with van der Waals surface area (Å²) in [6, 6.07) is 7.93. The minimum Gasteiger partial charge on any atom is -0.497 e. The molecule has 1 atom stereocenters. The Balaban J connectivity index is 2.00. The maximum absolute atomic E-state index is 12.5. The lowest BCUT2D eigenvalue weighted by atomic mass is 9.93. The summed E-state index contributed by atoms with van der Waals surface area (Å²) < 4.78 is 5.15. The number of methoxy groups -OCH3 is 1. The summed E-state index contributed by atoms with van der Waals surface area (Å²) in [5, 5.41) is 0. The average Bonchev–Trinajstić information content (AvgIpc) is 2.53. The Hall–Kier alpha value is -1.77. The van der Waals surface area contributed by atoms with Crippen LogP contribution in [0.3, 0.4) is 0 Å². The van der Waals surface area contributed by atoms with E-state index in [-0.39, 0.29) is 11.8 Å². The van der Waals surface area contributed by atoms with E-state index in [1.54, 1.807) is 7.11 Å². The second-order valence-electron chi connectivity index (χ2n) is 5.18. The highest BCUT2D eigenvalue weighted by molar-refractivity contribution is 5.79. The van der Waals surface area contributed by atoms with Crippen molar-refractivity contribution in [1.82, 2.24) is 4.90 Å². The van der Waals surface area contributed by atoms with E-state index in [4.69, 9.17) is 4.74 Å². The van der Waals surface area contributed by atoms with Crippen LogP contribution in [0.5, 0.6) is 5.75 Å². The van der Waals surface area contributed by atoms with Gasteiger partial charge in [0.1, 0.15) is 5.75 Å². The predicted molar refractivity (Wildman–Crippen MR) is 80.6 cm³/mol. The smallest absolute Gasteiger partial charge is 0.226 e. The summed E-state index contributed by atoms with van der Waals surface area (Å²) >= 11 is 0. The average molecular weight is 273 g/mol. The largest absolute Gasteiger partial charge is 0.497 e. The van der Waals surface area contributed by atoms with Crippen LogP contribution in [-0.2, 0) is 11.3 Å². The maximum atomic E-state index is 12.5. The molecule has 3 heteroatoms. The summed E-state index contributed by atoms with van der Waals surface area (Å²) in [5.41, 5.74) is 1.15. The molecular weight excluding hydrogens is 250 g/mol. The predicted octanol–water partition coefficient (Wildman–Crippen LogP) is 3.40. The van der Waals surface area contributed by atoms with Crippen LogP contribution < -0.4 is 4.74 Å².